The minimum atomic E-state index is -0.824. The SMILES string of the molecule is C[C@@H](NC(=O)C(C)(C)c1ccc(Cl)c(Cl)c1)C(=O)N(C)C. The van der Waals surface area contributed by atoms with Crippen LogP contribution in [-0.4, -0.2) is 36.9 Å². The van der Waals surface area contributed by atoms with Crippen molar-refractivity contribution >= 4 is 35.0 Å². The van der Waals surface area contributed by atoms with E-state index in [1.54, 1.807) is 53.1 Å². The first-order valence-electron chi connectivity index (χ1n) is 6.55. The first-order valence-corrected chi connectivity index (χ1v) is 7.30. The van der Waals surface area contributed by atoms with Crippen molar-refractivity contribution in [1.82, 2.24) is 10.2 Å². The first kappa shape index (κ1) is 17.8. The van der Waals surface area contributed by atoms with Gasteiger partial charge in [0.2, 0.25) is 11.8 Å². The highest BCUT2D eigenvalue weighted by Gasteiger charge is 2.32. The molecule has 1 atom stereocenters. The summed E-state index contributed by atoms with van der Waals surface area (Å²) in [5, 5.41) is 3.56. The van der Waals surface area contributed by atoms with Crippen molar-refractivity contribution in [2.24, 2.45) is 0 Å². The fourth-order valence-corrected chi connectivity index (χ4v) is 2.14. The lowest BCUT2D eigenvalue weighted by atomic mass is 9.83. The van der Waals surface area contributed by atoms with Gasteiger partial charge < -0.3 is 10.2 Å². The smallest absolute Gasteiger partial charge is 0.244 e. The minimum Gasteiger partial charge on any atom is -0.347 e. The highest BCUT2D eigenvalue weighted by molar-refractivity contribution is 6.42. The van der Waals surface area contributed by atoms with Crippen LogP contribution >= 0.6 is 23.2 Å². The second-order valence-electron chi connectivity index (χ2n) is 5.68. The topological polar surface area (TPSA) is 49.4 Å². The maximum absolute atomic E-state index is 12.4. The van der Waals surface area contributed by atoms with Crippen molar-refractivity contribution in [3.8, 4) is 0 Å². The van der Waals surface area contributed by atoms with Gasteiger partial charge >= 0.3 is 0 Å². The summed E-state index contributed by atoms with van der Waals surface area (Å²) >= 11 is 11.9. The van der Waals surface area contributed by atoms with Crippen molar-refractivity contribution in [3.05, 3.63) is 33.8 Å². The lowest BCUT2D eigenvalue weighted by Gasteiger charge is -2.27. The minimum absolute atomic E-state index is 0.159. The molecular weight excluding hydrogens is 311 g/mol. The van der Waals surface area contributed by atoms with Crippen LogP contribution in [0.4, 0.5) is 0 Å². The van der Waals surface area contributed by atoms with E-state index in [1.807, 2.05) is 0 Å². The standard InChI is InChI=1S/C15H20Cl2N2O2/c1-9(13(20)19(4)5)18-14(21)15(2,3)10-6-7-11(16)12(17)8-10/h6-9H,1-5H3,(H,18,21)/t9-/m1/s1. The molecule has 0 unspecified atom stereocenters. The molecule has 0 heterocycles. The molecule has 21 heavy (non-hydrogen) atoms. The number of hydrogen-bond donors (Lipinski definition) is 1. The second kappa shape index (κ2) is 6.67. The van der Waals surface area contributed by atoms with Crippen LogP contribution in [0.3, 0.4) is 0 Å². The van der Waals surface area contributed by atoms with Crippen LogP contribution in [0.1, 0.15) is 26.3 Å². The quantitative estimate of drug-likeness (QED) is 0.922. The van der Waals surface area contributed by atoms with Crippen LogP contribution in [0.5, 0.6) is 0 Å². The van der Waals surface area contributed by atoms with Crippen LogP contribution in [0.25, 0.3) is 0 Å². The van der Waals surface area contributed by atoms with Crippen LogP contribution < -0.4 is 5.32 Å². The molecule has 116 valence electrons. The summed E-state index contributed by atoms with van der Waals surface area (Å²) < 4.78 is 0. The zero-order valence-corrected chi connectivity index (χ0v) is 14.3. The number of carbonyl (C=O) groups excluding carboxylic acids is 2. The van der Waals surface area contributed by atoms with Gasteiger partial charge in [-0.05, 0) is 38.5 Å². The number of hydrogen-bond acceptors (Lipinski definition) is 2. The van der Waals surface area contributed by atoms with Crippen molar-refractivity contribution < 1.29 is 9.59 Å². The second-order valence-corrected chi connectivity index (χ2v) is 6.50. The van der Waals surface area contributed by atoms with Crippen molar-refractivity contribution in [3.63, 3.8) is 0 Å². The zero-order chi connectivity index (χ0) is 16.4. The van der Waals surface area contributed by atoms with Gasteiger partial charge in [-0.15, -0.1) is 0 Å². The number of benzene rings is 1. The highest BCUT2D eigenvalue weighted by Crippen LogP contribution is 2.30. The third-order valence-electron chi connectivity index (χ3n) is 3.37. The van der Waals surface area contributed by atoms with Crippen molar-refractivity contribution in [1.29, 1.82) is 0 Å². The summed E-state index contributed by atoms with van der Waals surface area (Å²) in [6.45, 7) is 5.20. The number of carbonyl (C=O) groups is 2. The van der Waals surface area contributed by atoms with Gasteiger partial charge in [0.15, 0.2) is 0 Å². The van der Waals surface area contributed by atoms with Gasteiger partial charge in [0.1, 0.15) is 6.04 Å². The molecule has 6 heteroatoms. The van der Waals surface area contributed by atoms with E-state index >= 15 is 0 Å². The van der Waals surface area contributed by atoms with Gasteiger partial charge in [0.25, 0.3) is 0 Å². The number of nitrogens with zero attached hydrogens (tertiary/aromatic N) is 1. The normalized spacial score (nSPS) is 12.7. The molecule has 0 spiro atoms. The Morgan fingerprint density at radius 1 is 1.19 bits per heavy atom. The Morgan fingerprint density at radius 2 is 1.76 bits per heavy atom. The fourth-order valence-electron chi connectivity index (χ4n) is 1.84. The zero-order valence-electron chi connectivity index (χ0n) is 12.8. The van der Waals surface area contributed by atoms with E-state index in [1.165, 1.54) is 4.90 Å². The van der Waals surface area contributed by atoms with Crippen LogP contribution in [0, 0.1) is 0 Å². The van der Waals surface area contributed by atoms with Gasteiger partial charge in [-0.1, -0.05) is 29.3 Å². The Balaban J connectivity index is 2.93. The predicted molar refractivity (Wildman–Crippen MR) is 85.8 cm³/mol. The van der Waals surface area contributed by atoms with Gasteiger partial charge in [-0.25, -0.2) is 0 Å². The number of nitrogens with one attached hydrogen (secondary N) is 1. The molecule has 0 bridgehead atoms. The fraction of sp³-hybridized carbons (Fsp3) is 0.467. The third kappa shape index (κ3) is 4.11. The molecule has 1 aromatic rings. The summed E-state index contributed by atoms with van der Waals surface area (Å²) in [5.41, 5.74) is -0.0892. The molecule has 0 aliphatic carbocycles. The lowest BCUT2D eigenvalue weighted by molar-refractivity contribution is -0.135. The van der Waals surface area contributed by atoms with E-state index in [9.17, 15) is 9.59 Å². The lowest BCUT2D eigenvalue weighted by Crippen LogP contribution is -2.49. The monoisotopic (exact) mass is 330 g/mol. The van der Waals surface area contributed by atoms with E-state index in [0.717, 1.165) is 5.56 Å². The number of halogens is 2. The number of likely N-dealkylation sites (N-methyl/N-ethyl adjacent to an activating group) is 1. The summed E-state index contributed by atoms with van der Waals surface area (Å²) in [6, 6.07) is 4.49. The van der Waals surface area contributed by atoms with Crippen molar-refractivity contribution in [2.45, 2.75) is 32.2 Å². The molecule has 0 saturated carbocycles. The molecule has 1 rings (SSSR count). The Labute approximate surface area is 135 Å². The summed E-state index contributed by atoms with van der Waals surface area (Å²) in [4.78, 5) is 25.7. The summed E-state index contributed by atoms with van der Waals surface area (Å²) in [7, 11) is 3.30. The molecule has 0 aromatic heterocycles. The van der Waals surface area contributed by atoms with Crippen LogP contribution in [0.15, 0.2) is 18.2 Å². The summed E-state index contributed by atoms with van der Waals surface area (Å²) in [6.07, 6.45) is 0. The van der Waals surface area contributed by atoms with Crippen LogP contribution in [0.2, 0.25) is 10.0 Å². The molecule has 0 saturated heterocycles. The van der Waals surface area contributed by atoms with E-state index in [2.05, 4.69) is 5.32 Å². The Morgan fingerprint density at radius 3 is 2.24 bits per heavy atom. The molecule has 1 aromatic carbocycles. The molecule has 0 radical (unpaired) electrons. The summed E-state index contributed by atoms with van der Waals surface area (Å²) in [5.74, 6) is -0.406. The van der Waals surface area contributed by atoms with E-state index < -0.39 is 11.5 Å². The molecule has 2 amide bonds. The van der Waals surface area contributed by atoms with E-state index in [0.29, 0.717) is 10.0 Å². The maximum atomic E-state index is 12.4. The van der Waals surface area contributed by atoms with Gasteiger partial charge in [-0.2, -0.15) is 0 Å². The Bertz CT molecular complexity index is 557. The van der Waals surface area contributed by atoms with Crippen molar-refractivity contribution in [2.75, 3.05) is 14.1 Å². The Kier molecular flexibility index (Phi) is 5.65. The Hall–Kier alpha value is -1.26. The molecule has 0 aliphatic heterocycles. The molecule has 4 nitrogen and oxygen atoms in total. The number of rotatable bonds is 4. The average Bonchev–Trinajstić information content (AvgIpc) is 2.40. The highest BCUT2D eigenvalue weighted by atomic mass is 35.5. The first-order chi connectivity index (χ1) is 9.57. The predicted octanol–water partition coefficient (Wildman–Crippen LogP) is 2.86. The maximum Gasteiger partial charge on any atom is 0.244 e. The van der Waals surface area contributed by atoms with Gasteiger partial charge in [0.05, 0.1) is 15.5 Å². The molecular formula is C15H20Cl2N2O2. The van der Waals surface area contributed by atoms with E-state index in [-0.39, 0.29) is 11.8 Å². The number of amides is 2. The molecule has 0 fully saturated rings. The molecule has 0 aliphatic rings. The van der Waals surface area contributed by atoms with Gasteiger partial charge in [0, 0.05) is 14.1 Å². The average molecular weight is 331 g/mol. The third-order valence-corrected chi connectivity index (χ3v) is 4.11. The van der Waals surface area contributed by atoms with Crippen LogP contribution in [-0.2, 0) is 15.0 Å². The largest absolute Gasteiger partial charge is 0.347 e. The van der Waals surface area contributed by atoms with Gasteiger partial charge in [-0.3, -0.25) is 9.59 Å². The molecule has 1 N–H and O–H groups in total. The van der Waals surface area contributed by atoms with E-state index in [4.69, 9.17) is 23.2 Å².